The summed E-state index contributed by atoms with van der Waals surface area (Å²) in [5, 5.41) is 69.4. The minimum absolute atomic E-state index is 0.0426. The summed E-state index contributed by atoms with van der Waals surface area (Å²) in [4.78, 5) is 0. The zero-order valence-corrected chi connectivity index (χ0v) is 12.9. The molecule has 2 saturated heterocycles. The number of ether oxygens (including phenoxy) is 3. The number of aliphatic hydroxyl groups excluding tert-OH is 6. The van der Waals surface area contributed by atoms with E-state index in [2.05, 4.69) is 0 Å². The average molecular weight is 352 g/mol. The maximum Gasteiger partial charge on any atom is 0.189 e. The van der Waals surface area contributed by atoms with E-state index in [1.807, 2.05) is 0 Å². The van der Waals surface area contributed by atoms with Gasteiger partial charge in [0.2, 0.25) is 0 Å². The third-order valence-electron chi connectivity index (χ3n) is 5.23. The fourth-order valence-electron chi connectivity index (χ4n) is 3.76. The summed E-state index contributed by atoms with van der Waals surface area (Å²) in [7, 11) is 0. The fraction of sp³-hybridized carbons (Fsp3) is 1.00. The Labute approximate surface area is 137 Å². The molecule has 2 heterocycles. The number of aliphatic hydroxyl groups is 7. The van der Waals surface area contributed by atoms with E-state index in [9.17, 15) is 35.7 Å². The van der Waals surface area contributed by atoms with Gasteiger partial charge in [-0.2, -0.15) is 0 Å². The van der Waals surface area contributed by atoms with Gasteiger partial charge < -0.3 is 50.0 Å². The van der Waals surface area contributed by atoms with E-state index in [4.69, 9.17) is 14.2 Å². The van der Waals surface area contributed by atoms with Crippen molar-refractivity contribution < 1.29 is 50.0 Å². The summed E-state index contributed by atoms with van der Waals surface area (Å²) in [6.07, 6.45) is -10.7. The van der Waals surface area contributed by atoms with Crippen LogP contribution in [0.5, 0.6) is 0 Å². The minimum Gasteiger partial charge on any atom is -0.394 e. The number of rotatable bonds is 3. The molecule has 0 amide bonds. The summed E-state index contributed by atoms with van der Waals surface area (Å²) < 4.78 is 16.1. The van der Waals surface area contributed by atoms with E-state index in [0.717, 1.165) is 0 Å². The Morgan fingerprint density at radius 1 is 1.00 bits per heavy atom. The molecular formula is C14H24O10. The van der Waals surface area contributed by atoms with Gasteiger partial charge in [0.25, 0.3) is 0 Å². The molecule has 2 aliphatic heterocycles. The van der Waals surface area contributed by atoms with Gasteiger partial charge in [0.1, 0.15) is 30.0 Å². The van der Waals surface area contributed by atoms with E-state index in [1.165, 1.54) is 0 Å². The fourth-order valence-corrected chi connectivity index (χ4v) is 3.76. The number of hydrogen-bond donors (Lipinski definition) is 7. The molecule has 0 aromatic rings. The highest BCUT2D eigenvalue weighted by molar-refractivity contribution is 5.06. The lowest BCUT2D eigenvalue weighted by atomic mass is 9.83. The molecule has 3 fully saturated rings. The van der Waals surface area contributed by atoms with Crippen molar-refractivity contribution in [3.8, 4) is 0 Å². The van der Waals surface area contributed by atoms with Gasteiger partial charge in [-0.1, -0.05) is 0 Å². The van der Waals surface area contributed by atoms with Gasteiger partial charge in [-0.25, -0.2) is 0 Å². The van der Waals surface area contributed by atoms with Crippen molar-refractivity contribution in [3.05, 3.63) is 0 Å². The quantitative estimate of drug-likeness (QED) is 0.266. The Balaban J connectivity index is 1.75. The first-order valence-corrected chi connectivity index (χ1v) is 7.95. The van der Waals surface area contributed by atoms with Crippen LogP contribution in [0.15, 0.2) is 0 Å². The van der Waals surface area contributed by atoms with Crippen molar-refractivity contribution in [2.45, 2.75) is 67.6 Å². The second-order valence-electron chi connectivity index (χ2n) is 6.66. The van der Waals surface area contributed by atoms with Crippen molar-refractivity contribution in [3.63, 3.8) is 0 Å². The maximum atomic E-state index is 10.6. The molecule has 1 saturated carbocycles. The molecular weight excluding hydrogens is 328 g/mol. The monoisotopic (exact) mass is 352 g/mol. The second kappa shape index (κ2) is 6.72. The standard InChI is InChI=1S/C14H24O10/c15-4-6-9(18)10(19)11(20)13(23-6)24-12-8-5(16)3-7(17)14(8,21)1-2-22-12/h5-13,15-21H,1-4H2/t5-,6+,7+,8-,9+,10-,11+,12-,13-,14+/m0/s1. The highest BCUT2D eigenvalue weighted by atomic mass is 16.8. The average Bonchev–Trinajstić information content (AvgIpc) is 2.78. The van der Waals surface area contributed by atoms with Crippen LogP contribution < -0.4 is 0 Å². The Bertz CT molecular complexity index is 447. The highest BCUT2D eigenvalue weighted by Gasteiger charge is 2.60. The van der Waals surface area contributed by atoms with E-state index in [0.29, 0.717) is 0 Å². The van der Waals surface area contributed by atoms with Crippen LogP contribution in [0.3, 0.4) is 0 Å². The van der Waals surface area contributed by atoms with E-state index in [1.54, 1.807) is 0 Å². The topological polar surface area (TPSA) is 169 Å². The Hall–Kier alpha value is -0.400. The van der Waals surface area contributed by atoms with E-state index >= 15 is 0 Å². The molecule has 7 N–H and O–H groups in total. The molecule has 10 heteroatoms. The molecule has 0 aromatic carbocycles. The van der Waals surface area contributed by atoms with Crippen molar-refractivity contribution in [2.75, 3.05) is 13.2 Å². The zero-order valence-electron chi connectivity index (χ0n) is 12.9. The molecule has 10 atom stereocenters. The summed E-state index contributed by atoms with van der Waals surface area (Å²) >= 11 is 0. The predicted octanol–water partition coefficient (Wildman–Crippen LogP) is -3.98. The summed E-state index contributed by atoms with van der Waals surface area (Å²) in [6.45, 7) is -0.552. The molecule has 0 bridgehead atoms. The largest absolute Gasteiger partial charge is 0.394 e. The lowest BCUT2D eigenvalue weighted by Crippen LogP contribution is -2.62. The highest BCUT2D eigenvalue weighted by Crippen LogP contribution is 2.45. The van der Waals surface area contributed by atoms with Gasteiger partial charge in [-0.3, -0.25) is 0 Å². The van der Waals surface area contributed by atoms with E-state index in [-0.39, 0.29) is 19.4 Å². The third-order valence-corrected chi connectivity index (χ3v) is 5.23. The van der Waals surface area contributed by atoms with Crippen LogP contribution in [0.25, 0.3) is 0 Å². The molecule has 140 valence electrons. The van der Waals surface area contributed by atoms with Crippen LogP contribution in [0.1, 0.15) is 12.8 Å². The summed E-state index contributed by atoms with van der Waals surface area (Å²) in [5.74, 6) is -0.964. The smallest absolute Gasteiger partial charge is 0.189 e. The molecule has 1 aliphatic carbocycles. The Morgan fingerprint density at radius 2 is 1.71 bits per heavy atom. The first-order valence-electron chi connectivity index (χ1n) is 7.95. The van der Waals surface area contributed by atoms with Gasteiger partial charge in [0, 0.05) is 12.8 Å². The molecule has 0 radical (unpaired) electrons. The number of fused-ring (bicyclic) bond motifs is 1. The van der Waals surface area contributed by atoms with Crippen LogP contribution in [-0.2, 0) is 14.2 Å². The van der Waals surface area contributed by atoms with Gasteiger partial charge >= 0.3 is 0 Å². The Morgan fingerprint density at radius 3 is 2.38 bits per heavy atom. The van der Waals surface area contributed by atoms with Gasteiger partial charge in [0.05, 0.1) is 31.3 Å². The van der Waals surface area contributed by atoms with Gasteiger partial charge in [-0.15, -0.1) is 0 Å². The maximum absolute atomic E-state index is 10.6. The second-order valence-corrected chi connectivity index (χ2v) is 6.66. The molecule has 10 nitrogen and oxygen atoms in total. The molecule has 0 unspecified atom stereocenters. The summed E-state index contributed by atoms with van der Waals surface area (Å²) in [6, 6.07) is 0. The van der Waals surface area contributed by atoms with Crippen LogP contribution >= 0.6 is 0 Å². The molecule has 3 aliphatic rings. The molecule has 0 aromatic heterocycles. The van der Waals surface area contributed by atoms with Crippen LogP contribution in [0.2, 0.25) is 0 Å². The molecule has 0 spiro atoms. The first-order chi connectivity index (χ1) is 11.3. The molecule has 24 heavy (non-hydrogen) atoms. The van der Waals surface area contributed by atoms with Crippen molar-refractivity contribution >= 4 is 0 Å². The third kappa shape index (κ3) is 2.86. The zero-order chi connectivity index (χ0) is 17.6. The van der Waals surface area contributed by atoms with Crippen molar-refractivity contribution in [2.24, 2.45) is 5.92 Å². The minimum atomic E-state index is -1.62. The van der Waals surface area contributed by atoms with Crippen molar-refractivity contribution in [1.29, 1.82) is 0 Å². The lowest BCUT2D eigenvalue weighted by molar-refractivity contribution is -0.363. The van der Waals surface area contributed by atoms with Crippen LogP contribution in [0.4, 0.5) is 0 Å². The normalized spacial score (nSPS) is 55.4. The SMILES string of the molecule is OC[C@H]1O[C@@H](O[C@@H]2OCC[C@]3(O)[C@H]2[C@@H](O)C[C@H]3O)[C@H](O)[C@@H](O)[C@@H]1O. The summed E-state index contributed by atoms with van der Waals surface area (Å²) in [5.41, 5.74) is -1.59. The lowest BCUT2D eigenvalue weighted by Gasteiger charge is -2.45. The number of hydrogen-bond acceptors (Lipinski definition) is 10. The van der Waals surface area contributed by atoms with Gasteiger partial charge in [0.15, 0.2) is 12.6 Å². The van der Waals surface area contributed by atoms with E-state index < -0.39 is 67.3 Å². The molecule has 3 rings (SSSR count). The van der Waals surface area contributed by atoms with Crippen LogP contribution in [0, 0.1) is 5.92 Å². The van der Waals surface area contributed by atoms with Gasteiger partial charge in [-0.05, 0) is 0 Å². The first kappa shape index (κ1) is 18.4. The Kier molecular flexibility index (Phi) is 5.15. The predicted molar refractivity (Wildman–Crippen MR) is 74.3 cm³/mol. The van der Waals surface area contributed by atoms with Crippen LogP contribution in [-0.4, -0.2) is 104 Å². The van der Waals surface area contributed by atoms with Crippen molar-refractivity contribution in [1.82, 2.24) is 0 Å².